The molecule has 3 nitrogen and oxygen atoms in total. The smallest absolute Gasteiger partial charge is 0.131 e. The number of aryl methyl sites for hydroxylation is 1. The van der Waals surface area contributed by atoms with Crippen LogP contribution in [0.5, 0.6) is 0 Å². The van der Waals surface area contributed by atoms with E-state index in [1.54, 1.807) is 29.9 Å². The highest BCUT2D eigenvalue weighted by molar-refractivity contribution is 7.09. The molecular weight excluding hydrogens is 194 g/mol. The van der Waals surface area contributed by atoms with Gasteiger partial charge in [-0.3, -0.25) is 4.98 Å². The molecule has 0 aliphatic rings. The van der Waals surface area contributed by atoms with Crippen LogP contribution in [-0.2, 0) is 0 Å². The van der Waals surface area contributed by atoms with Gasteiger partial charge in [-0.25, -0.2) is 9.97 Å². The van der Waals surface area contributed by atoms with Crippen molar-refractivity contribution in [3.8, 4) is 11.8 Å². The van der Waals surface area contributed by atoms with E-state index in [2.05, 4.69) is 26.8 Å². The minimum atomic E-state index is 0.665. The highest BCUT2D eigenvalue weighted by Crippen LogP contribution is 2.06. The Labute approximate surface area is 85.9 Å². The van der Waals surface area contributed by atoms with Crippen LogP contribution in [0.15, 0.2) is 24.0 Å². The zero-order chi connectivity index (χ0) is 9.80. The predicted molar refractivity (Wildman–Crippen MR) is 54.9 cm³/mol. The number of hydrogen-bond acceptors (Lipinski definition) is 4. The van der Waals surface area contributed by atoms with E-state index in [9.17, 15) is 0 Å². The molecule has 0 atom stereocenters. The second kappa shape index (κ2) is 3.99. The molecule has 0 unspecified atom stereocenters. The first-order chi connectivity index (χ1) is 6.84. The average Bonchev–Trinajstić information content (AvgIpc) is 2.63. The molecule has 0 spiro atoms. The lowest BCUT2D eigenvalue weighted by Crippen LogP contribution is -1.82. The maximum Gasteiger partial charge on any atom is 0.131 e. The number of thiazole rings is 1. The molecule has 0 N–H and O–H groups in total. The zero-order valence-corrected chi connectivity index (χ0v) is 8.38. The third-order valence-electron chi connectivity index (χ3n) is 1.50. The molecule has 0 fully saturated rings. The molecule has 2 aromatic rings. The van der Waals surface area contributed by atoms with Gasteiger partial charge in [0.2, 0.25) is 0 Å². The molecule has 0 saturated carbocycles. The lowest BCUT2D eigenvalue weighted by atomic mass is 10.4. The van der Waals surface area contributed by atoms with Crippen molar-refractivity contribution in [2.45, 2.75) is 6.92 Å². The Hall–Kier alpha value is -1.73. The summed E-state index contributed by atoms with van der Waals surface area (Å²) in [6.45, 7) is 1.96. The summed E-state index contributed by atoms with van der Waals surface area (Å²) in [6.07, 6.45) is 4.88. The lowest BCUT2D eigenvalue weighted by molar-refractivity contribution is 1.17. The summed E-state index contributed by atoms with van der Waals surface area (Å²) in [6, 6.07) is 0. The van der Waals surface area contributed by atoms with E-state index in [0.29, 0.717) is 5.69 Å². The van der Waals surface area contributed by atoms with Crippen LogP contribution in [0.4, 0.5) is 0 Å². The molecule has 0 radical (unpaired) electrons. The minimum absolute atomic E-state index is 0.665. The second-order valence-electron chi connectivity index (χ2n) is 2.59. The standard InChI is InChI=1S/C10H7N3S/c1-8-13-10(7-14-8)3-2-9-6-11-4-5-12-9/h4-7H,1H3. The number of hydrogen-bond donors (Lipinski definition) is 0. The van der Waals surface area contributed by atoms with E-state index in [1.165, 1.54) is 0 Å². The van der Waals surface area contributed by atoms with Crippen LogP contribution in [0.1, 0.15) is 16.4 Å². The second-order valence-corrected chi connectivity index (χ2v) is 3.65. The highest BCUT2D eigenvalue weighted by atomic mass is 32.1. The fourth-order valence-electron chi connectivity index (χ4n) is 0.913. The largest absolute Gasteiger partial charge is 0.260 e. The van der Waals surface area contributed by atoms with Gasteiger partial charge in [-0.15, -0.1) is 11.3 Å². The van der Waals surface area contributed by atoms with Crippen molar-refractivity contribution in [3.05, 3.63) is 40.4 Å². The Kier molecular flexibility index (Phi) is 2.52. The van der Waals surface area contributed by atoms with Crippen LogP contribution in [0.25, 0.3) is 0 Å². The molecule has 0 aromatic carbocycles. The van der Waals surface area contributed by atoms with Crippen LogP contribution in [0, 0.1) is 18.8 Å². The maximum absolute atomic E-state index is 4.22. The summed E-state index contributed by atoms with van der Waals surface area (Å²) in [5.41, 5.74) is 1.45. The van der Waals surface area contributed by atoms with Crippen molar-refractivity contribution in [1.82, 2.24) is 15.0 Å². The summed E-state index contributed by atoms with van der Waals surface area (Å²) < 4.78 is 0. The van der Waals surface area contributed by atoms with Crippen LogP contribution >= 0.6 is 11.3 Å². The molecular formula is C10H7N3S. The first kappa shape index (κ1) is 8.85. The van der Waals surface area contributed by atoms with E-state index in [0.717, 1.165) is 10.7 Å². The Morgan fingerprint density at radius 1 is 1.21 bits per heavy atom. The summed E-state index contributed by atoms with van der Waals surface area (Å²) >= 11 is 1.59. The van der Waals surface area contributed by atoms with Gasteiger partial charge < -0.3 is 0 Å². The van der Waals surface area contributed by atoms with Crippen LogP contribution in [0.3, 0.4) is 0 Å². The molecule has 0 amide bonds. The molecule has 0 aliphatic heterocycles. The third-order valence-corrected chi connectivity index (χ3v) is 2.27. The van der Waals surface area contributed by atoms with Gasteiger partial charge in [-0.1, -0.05) is 0 Å². The molecule has 2 rings (SSSR count). The molecule has 68 valence electrons. The van der Waals surface area contributed by atoms with Gasteiger partial charge in [-0.05, 0) is 18.8 Å². The van der Waals surface area contributed by atoms with E-state index >= 15 is 0 Å². The number of aromatic nitrogens is 3. The van der Waals surface area contributed by atoms with Crippen molar-refractivity contribution in [2.75, 3.05) is 0 Å². The summed E-state index contributed by atoms with van der Waals surface area (Å²) in [5, 5.41) is 2.95. The molecule has 2 aromatic heterocycles. The molecule has 2 heterocycles. The number of nitrogens with zero attached hydrogens (tertiary/aromatic N) is 3. The average molecular weight is 201 g/mol. The topological polar surface area (TPSA) is 38.7 Å². The molecule has 4 heteroatoms. The monoisotopic (exact) mass is 201 g/mol. The van der Waals surface area contributed by atoms with Gasteiger partial charge in [0.15, 0.2) is 0 Å². The first-order valence-electron chi connectivity index (χ1n) is 4.05. The van der Waals surface area contributed by atoms with Gasteiger partial charge in [0, 0.05) is 17.8 Å². The van der Waals surface area contributed by atoms with Crippen molar-refractivity contribution in [3.63, 3.8) is 0 Å². The molecule has 0 bridgehead atoms. The van der Waals surface area contributed by atoms with Crippen molar-refractivity contribution < 1.29 is 0 Å². The summed E-state index contributed by atoms with van der Waals surface area (Å²) in [7, 11) is 0. The molecule has 0 saturated heterocycles. The third kappa shape index (κ3) is 2.15. The quantitative estimate of drug-likeness (QED) is 0.608. The SMILES string of the molecule is Cc1nc(C#Cc2cnccn2)cs1. The fourth-order valence-corrected chi connectivity index (χ4v) is 1.46. The summed E-state index contributed by atoms with van der Waals surface area (Å²) in [4.78, 5) is 12.2. The van der Waals surface area contributed by atoms with Gasteiger partial charge >= 0.3 is 0 Å². The van der Waals surface area contributed by atoms with E-state index < -0.39 is 0 Å². The van der Waals surface area contributed by atoms with Gasteiger partial charge in [0.05, 0.1) is 11.2 Å². The van der Waals surface area contributed by atoms with E-state index in [-0.39, 0.29) is 0 Å². The van der Waals surface area contributed by atoms with E-state index in [1.807, 2.05) is 12.3 Å². The molecule has 0 aliphatic carbocycles. The predicted octanol–water partition coefficient (Wildman–Crippen LogP) is 1.64. The Morgan fingerprint density at radius 3 is 2.71 bits per heavy atom. The van der Waals surface area contributed by atoms with E-state index in [4.69, 9.17) is 0 Å². The minimum Gasteiger partial charge on any atom is -0.260 e. The Morgan fingerprint density at radius 2 is 2.07 bits per heavy atom. The van der Waals surface area contributed by atoms with Gasteiger partial charge in [-0.2, -0.15) is 0 Å². The first-order valence-corrected chi connectivity index (χ1v) is 4.93. The van der Waals surface area contributed by atoms with Crippen LogP contribution in [-0.4, -0.2) is 15.0 Å². The van der Waals surface area contributed by atoms with Crippen molar-refractivity contribution in [1.29, 1.82) is 0 Å². The van der Waals surface area contributed by atoms with Crippen LogP contribution in [0.2, 0.25) is 0 Å². The van der Waals surface area contributed by atoms with Crippen molar-refractivity contribution in [2.24, 2.45) is 0 Å². The normalized spacial score (nSPS) is 9.21. The lowest BCUT2D eigenvalue weighted by Gasteiger charge is -1.83. The fraction of sp³-hybridized carbons (Fsp3) is 0.100. The Bertz CT molecular complexity index is 479. The maximum atomic E-state index is 4.22. The summed E-state index contributed by atoms with van der Waals surface area (Å²) in [5.74, 6) is 5.82. The number of rotatable bonds is 0. The van der Waals surface area contributed by atoms with Gasteiger partial charge in [0.1, 0.15) is 11.4 Å². The highest BCUT2D eigenvalue weighted by Gasteiger charge is 1.92. The van der Waals surface area contributed by atoms with Crippen LogP contribution < -0.4 is 0 Å². The Balaban J connectivity index is 2.23. The zero-order valence-electron chi connectivity index (χ0n) is 7.56. The van der Waals surface area contributed by atoms with Gasteiger partial charge in [0.25, 0.3) is 0 Å². The molecule has 14 heavy (non-hydrogen) atoms. The van der Waals surface area contributed by atoms with Crippen molar-refractivity contribution >= 4 is 11.3 Å².